The van der Waals surface area contributed by atoms with Gasteiger partial charge in [-0.25, -0.2) is 0 Å². The number of nitrogens with one attached hydrogen (secondary N) is 1. The van der Waals surface area contributed by atoms with Crippen LogP contribution in [-0.2, 0) is 9.53 Å². The van der Waals surface area contributed by atoms with Crippen LogP contribution in [-0.4, -0.2) is 48.7 Å². The van der Waals surface area contributed by atoms with E-state index in [0.717, 1.165) is 24.1 Å². The molecule has 0 aromatic heterocycles. The maximum absolute atomic E-state index is 10.8. The third-order valence-electron chi connectivity index (χ3n) is 2.58. The van der Waals surface area contributed by atoms with Gasteiger partial charge in [0.2, 0.25) is 0 Å². The minimum atomic E-state index is -0.107. The quantitative estimate of drug-likeness (QED) is 0.560. The maximum Gasteiger partial charge on any atom is 0.306 e. The summed E-state index contributed by atoms with van der Waals surface area (Å²) in [6.07, 6.45) is 3.14. The predicted molar refractivity (Wildman–Crippen MR) is 72.3 cm³/mol. The number of carbonyl (C=O) groups is 1. The summed E-state index contributed by atoms with van der Waals surface area (Å²) >= 11 is 3.87. The van der Waals surface area contributed by atoms with Crippen molar-refractivity contribution in [1.29, 1.82) is 0 Å². The fourth-order valence-corrected chi connectivity index (χ4v) is 3.48. The van der Waals surface area contributed by atoms with Crippen molar-refractivity contribution in [2.24, 2.45) is 0 Å². The Morgan fingerprint density at radius 3 is 2.88 bits per heavy atom. The molecule has 0 amide bonds. The molecular formula is C11H21NO2S2. The van der Waals surface area contributed by atoms with E-state index in [4.69, 9.17) is 0 Å². The molecular weight excluding hydrogens is 242 g/mol. The molecule has 0 atom stereocenters. The zero-order chi connectivity index (χ0) is 11.6. The first-order valence-corrected chi connectivity index (χ1v) is 8.09. The van der Waals surface area contributed by atoms with Crippen molar-refractivity contribution in [3.05, 3.63) is 0 Å². The zero-order valence-electron chi connectivity index (χ0n) is 9.87. The van der Waals surface area contributed by atoms with Crippen LogP contribution in [0.3, 0.4) is 0 Å². The van der Waals surface area contributed by atoms with Crippen LogP contribution in [0.5, 0.6) is 0 Å². The highest BCUT2D eigenvalue weighted by atomic mass is 32.2. The average molecular weight is 263 g/mol. The summed E-state index contributed by atoms with van der Waals surface area (Å²) in [5.41, 5.74) is 0. The normalized spacial score (nSPS) is 17.3. The van der Waals surface area contributed by atoms with E-state index in [1.54, 1.807) is 0 Å². The number of rotatable bonds is 7. The maximum atomic E-state index is 10.8. The molecule has 0 bridgehead atoms. The molecule has 1 aliphatic rings. The first-order chi connectivity index (χ1) is 7.83. The van der Waals surface area contributed by atoms with Gasteiger partial charge >= 0.3 is 5.97 Å². The van der Waals surface area contributed by atoms with E-state index < -0.39 is 0 Å². The summed E-state index contributed by atoms with van der Waals surface area (Å²) in [4.78, 5) is 10.8. The molecule has 0 unspecified atom stereocenters. The van der Waals surface area contributed by atoms with Crippen LogP contribution in [0.25, 0.3) is 0 Å². The van der Waals surface area contributed by atoms with Gasteiger partial charge in [-0.15, -0.1) is 0 Å². The number of methoxy groups -OCH3 is 1. The Bertz CT molecular complexity index is 196. The zero-order valence-corrected chi connectivity index (χ0v) is 11.5. The second-order valence-corrected chi connectivity index (χ2v) is 6.23. The van der Waals surface area contributed by atoms with Gasteiger partial charge in [0.1, 0.15) is 0 Å². The Morgan fingerprint density at radius 2 is 2.19 bits per heavy atom. The molecule has 1 heterocycles. The lowest BCUT2D eigenvalue weighted by molar-refractivity contribution is -0.140. The summed E-state index contributed by atoms with van der Waals surface area (Å²) in [5.74, 6) is 4.44. The van der Waals surface area contributed by atoms with Gasteiger partial charge in [0.25, 0.3) is 0 Å². The van der Waals surface area contributed by atoms with Gasteiger partial charge in [0, 0.05) is 24.1 Å². The number of thioether (sulfide) groups is 2. The molecule has 0 aromatic rings. The molecule has 0 spiro atoms. The van der Waals surface area contributed by atoms with E-state index in [1.165, 1.54) is 31.5 Å². The molecule has 16 heavy (non-hydrogen) atoms. The van der Waals surface area contributed by atoms with Crippen LogP contribution in [0.2, 0.25) is 0 Å². The molecule has 0 aromatic carbocycles. The molecule has 1 saturated heterocycles. The van der Waals surface area contributed by atoms with Crippen molar-refractivity contribution in [1.82, 2.24) is 5.32 Å². The molecule has 1 N–H and O–H groups in total. The van der Waals surface area contributed by atoms with E-state index >= 15 is 0 Å². The van der Waals surface area contributed by atoms with E-state index in [2.05, 4.69) is 21.8 Å². The first kappa shape index (κ1) is 14.2. The van der Waals surface area contributed by atoms with Crippen molar-refractivity contribution in [2.75, 3.05) is 36.7 Å². The van der Waals surface area contributed by atoms with E-state index in [0.29, 0.717) is 6.42 Å². The van der Waals surface area contributed by atoms with Crippen LogP contribution in [0.4, 0.5) is 0 Å². The van der Waals surface area contributed by atoms with Gasteiger partial charge in [-0.3, -0.25) is 4.79 Å². The number of esters is 1. The highest BCUT2D eigenvalue weighted by Crippen LogP contribution is 2.16. The lowest BCUT2D eigenvalue weighted by Gasteiger charge is -2.22. The van der Waals surface area contributed by atoms with E-state index in [1.807, 2.05) is 11.8 Å². The molecule has 5 heteroatoms. The van der Waals surface area contributed by atoms with Gasteiger partial charge in [0.15, 0.2) is 0 Å². The molecule has 0 saturated carbocycles. The van der Waals surface area contributed by atoms with Crippen LogP contribution in [0, 0.1) is 0 Å². The third-order valence-corrected chi connectivity index (χ3v) is 4.61. The molecule has 1 fully saturated rings. The fourth-order valence-electron chi connectivity index (χ4n) is 1.60. The minimum absolute atomic E-state index is 0.107. The van der Waals surface area contributed by atoms with Gasteiger partial charge in [-0.1, -0.05) is 0 Å². The standard InChI is InChI=1S/C11H21NO2S2/c1-14-11(13)4-8-16-9-5-12-10-2-6-15-7-3-10/h10,12H,2-9H2,1H3. The summed E-state index contributed by atoms with van der Waals surface area (Å²) < 4.78 is 4.58. The van der Waals surface area contributed by atoms with Crippen LogP contribution < -0.4 is 5.32 Å². The number of ether oxygens (including phenoxy) is 1. The summed E-state index contributed by atoms with van der Waals surface area (Å²) in [6.45, 7) is 1.06. The fraction of sp³-hybridized carbons (Fsp3) is 0.909. The van der Waals surface area contributed by atoms with Crippen molar-refractivity contribution in [3.8, 4) is 0 Å². The van der Waals surface area contributed by atoms with Gasteiger partial charge in [0.05, 0.1) is 13.5 Å². The molecule has 0 radical (unpaired) electrons. The number of hydrogen-bond acceptors (Lipinski definition) is 5. The number of carbonyl (C=O) groups excluding carboxylic acids is 1. The van der Waals surface area contributed by atoms with Crippen LogP contribution in [0.1, 0.15) is 19.3 Å². The lowest BCUT2D eigenvalue weighted by Crippen LogP contribution is -2.34. The molecule has 3 nitrogen and oxygen atoms in total. The number of hydrogen-bond donors (Lipinski definition) is 1. The largest absolute Gasteiger partial charge is 0.469 e. The molecule has 1 aliphatic heterocycles. The van der Waals surface area contributed by atoms with Crippen LogP contribution in [0.15, 0.2) is 0 Å². The first-order valence-electron chi connectivity index (χ1n) is 5.78. The Kier molecular flexibility index (Phi) is 8.15. The van der Waals surface area contributed by atoms with Gasteiger partial charge in [-0.2, -0.15) is 23.5 Å². The SMILES string of the molecule is COC(=O)CCSCCNC1CCSCC1. The highest BCUT2D eigenvalue weighted by Gasteiger charge is 2.11. The Labute approximate surface area is 106 Å². The summed E-state index contributed by atoms with van der Waals surface area (Å²) in [6, 6.07) is 0.724. The Balaban J connectivity index is 1.85. The predicted octanol–water partition coefficient (Wildman–Crippen LogP) is 1.77. The van der Waals surface area contributed by atoms with Gasteiger partial charge in [-0.05, 0) is 24.3 Å². The third kappa shape index (κ3) is 6.66. The Morgan fingerprint density at radius 1 is 1.44 bits per heavy atom. The molecule has 0 aliphatic carbocycles. The summed E-state index contributed by atoms with van der Waals surface area (Å²) in [7, 11) is 1.44. The van der Waals surface area contributed by atoms with Crippen molar-refractivity contribution < 1.29 is 9.53 Å². The second kappa shape index (κ2) is 9.19. The van der Waals surface area contributed by atoms with E-state index in [9.17, 15) is 4.79 Å². The molecule has 94 valence electrons. The Hall–Kier alpha value is 0.130. The van der Waals surface area contributed by atoms with Crippen LogP contribution >= 0.6 is 23.5 Å². The second-order valence-electron chi connectivity index (χ2n) is 3.78. The minimum Gasteiger partial charge on any atom is -0.469 e. The van der Waals surface area contributed by atoms with Crippen molar-refractivity contribution in [2.45, 2.75) is 25.3 Å². The lowest BCUT2D eigenvalue weighted by atomic mass is 10.1. The highest BCUT2D eigenvalue weighted by molar-refractivity contribution is 7.99. The average Bonchev–Trinajstić information content (AvgIpc) is 2.34. The smallest absolute Gasteiger partial charge is 0.306 e. The summed E-state index contributed by atoms with van der Waals surface area (Å²) in [5, 5.41) is 3.57. The monoisotopic (exact) mass is 263 g/mol. The van der Waals surface area contributed by atoms with Gasteiger partial charge < -0.3 is 10.1 Å². The van der Waals surface area contributed by atoms with Crippen molar-refractivity contribution in [3.63, 3.8) is 0 Å². The molecule has 1 rings (SSSR count). The topological polar surface area (TPSA) is 38.3 Å². The van der Waals surface area contributed by atoms with Crippen molar-refractivity contribution >= 4 is 29.5 Å². The van der Waals surface area contributed by atoms with E-state index in [-0.39, 0.29) is 5.97 Å².